The van der Waals surface area contributed by atoms with E-state index in [2.05, 4.69) is 0 Å². The number of phenols is 4. The number of hydrogen-bond donors (Lipinski definition) is 5. The first-order chi connectivity index (χ1) is 14.5. The summed E-state index contributed by atoms with van der Waals surface area (Å²) in [5.74, 6) is -6.14. The van der Waals surface area contributed by atoms with Gasteiger partial charge in [0.15, 0.2) is 23.0 Å². The van der Waals surface area contributed by atoms with Crippen LogP contribution in [0, 0.1) is 0 Å². The van der Waals surface area contributed by atoms with E-state index in [1.807, 2.05) is 0 Å². The summed E-state index contributed by atoms with van der Waals surface area (Å²) >= 11 is 0. The minimum Gasteiger partial charge on any atom is -0.504 e. The van der Waals surface area contributed by atoms with Crippen molar-refractivity contribution in [1.29, 1.82) is 0 Å². The Labute approximate surface area is 177 Å². The molecule has 0 radical (unpaired) electrons. The molecule has 0 aliphatic carbocycles. The van der Waals surface area contributed by atoms with Crippen molar-refractivity contribution >= 4 is 19.3 Å². The molecule has 0 aliphatic rings. The van der Waals surface area contributed by atoms with Crippen LogP contribution in [0.2, 0.25) is 0 Å². The lowest BCUT2D eigenvalue weighted by Crippen LogP contribution is -2.23. The van der Waals surface area contributed by atoms with Crippen molar-refractivity contribution in [3.63, 3.8) is 0 Å². The van der Waals surface area contributed by atoms with Crippen molar-refractivity contribution in [2.24, 2.45) is 0 Å². The summed E-state index contributed by atoms with van der Waals surface area (Å²) in [6.45, 7) is 0. The number of esters is 2. The molecule has 0 saturated heterocycles. The highest BCUT2D eigenvalue weighted by molar-refractivity contribution is 7.58. The highest BCUT2D eigenvalue weighted by atomic mass is 31.2. The van der Waals surface area contributed by atoms with Crippen LogP contribution >= 0.6 is 7.37 Å². The zero-order valence-electron chi connectivity index (χ0n) is 16.8. The lowest BCUT2D eigenvalue weighted by molar-refractivity contribution is -0.142. The fourth-order valence-electron chi connectivity index (χ4n) is 3.08. The second-order valence-electron chi connectivity index (χ2n) is 6.86. The van der Waals surface area contributed by atoms with E-state index in [0.717, 1.165) is 38.5 Å². The molecule has 11 heteroatoms. The maximum Gasteiger partial charge on any atom is 0.313 e. The van der Waals surface area contributed by atoms with Crippen molar-refractivity contribution in [1.82, 2.24) is 0 Å². The van der Waals surface area contributed by atoms with Gasteiger partial charge in [-0.2, -0.15) is 0 Å². The summed E-state index contributed by atoms with van der Waals surface area (Å²) in [6.07, 6.45) is -1.25. The van der Waals surface area contributed by atoms with E-state index in [4.69, 9.17) is 9.47 Å². The van der Waals surface area contributed by atoms with Gasteiger partial charge in [-0.05, 0) is 35.4 Å². The molecule has 2 atom stereocenters. The molecule has 0 aliphatic heterocycles. The van der Waals surface area contributed by atoms with Crippen molar-refractivity contribution in [2.75, 3.05) is 26.5 Å². The molecule has 2 aromatic carbocycles. The van der Waals surface area contributed by atoms with E-state index in [-0.39, 0.29) is 11.1 Å². The Morgan fingerprint density at radius 2 is 1.13 bits per heavy atom. The summed E-state index contributed by atoms with van der Waals surface area (Å²) in [5.41, 5.74) is 0.265. The second-order valence-corrected chi connectivity index (χ2v) is 9.28. The number of phenolic OH excluding ortho intramolecular Hbond substituents is 4. The van der Waals surface area contributed by atoms with E-state index < -0.39 is 66.5 Å². The number of carbonyl (C=O) groups excluding carboxylic acids is 2. The average molecular weight is 454 g/mol. The first kappa shape index (κ1) is 24.0. The molecule has 168 valence electrons. The topological polar surface area (TPSA) is 171 Å². The number of ether oxygens (including phenoxy) is 2. The Morgan fingerprint density at radius 3 is 1.42 bits per heavy atom. The molecule has 5 N–H and O–H groups in total. The standard InChI is InChI=1S/C20H23O10P/c1-29-19(25)13(11-3-5-15(21)17(23)7-11)9-31(27,28)10-14(20(26)30-2)12-4-6-16(22)18(24)8-12/h3-8,13-14,21-24H,9-10H2,1-2H3,(H,27,28). The van der Waals surface area contributed by atoms with Crippen LogP contribution < -0.4 is 0 Å². The van der Waals surface area contributed by atoms with Crippen molar-refractivity contribution < 1.29 is 48.9 Å². The van der Waals surface area contributed by atoms with Crippen molar-refractivity contribution in [3.8, 4) is 23.0 Å². The number of benzene rings is 2. The fourth-order valence-corrected chi connectivity index (χ4v) is 5.09. The van der Waals surface area contributed by atoms with Crippen LogP contribution in [0.3, 0.4) is 0 Å². The number of carbonyl (C=O) groups is 2. The summed E-state index contributed by atoms with van der Waals surface area (Å²) in [6, 6.07) is 7.00. The van der Waals surface area contributed by atoms with Crippen molar-refractivity contribution in [3.05, 3.63) is 47.5 Å². The predicted molar refractivity (Wildman–Crippen MR) is 109 cm³/mol. The SMILES string of the molecule is COC(=O)C(CP(=O)(O)CC(C(=O)OC)c1ccc(O)c(O)c1)c1ccc(O)c(O)c1. The van der Waals surface area contributed by atoms with Crippen LogP contribution in [0.25, 0.3) is 0 Å². The molecule has 10 nitrogen and oxygen atoms in total. The molecule has 2 unspecified atom stereocenters. The van der Waals surface area contributed by atoms with Gasteiger partial charge in [0, 0.05) is 12.3 Å². The molecule has 0 heterocycles. The van der Waals surface area contributed by atoms with Gasteiger partial charge >= 0.3 is 11.9 Å². The van der Waals surface area contributed by atoms with Gasteiger partial charge in [0.2, 0.25) is 7.37 Å². The Balaban J connectivity index is 2.37. The van der Waals surface area contributed by atoms with Gasteiger partial charge in [-0.1, -0.05) is 12.1 Å². The van der Waals surface area contributed by atoms with Gasteiger partial charge in [0.05, 0.1) is 26.1 Å². The number of hydrogen-bond acceptors (Lipinski definition) is 9. The van der Waals surface area contributed by atoms with Gasteiger partial charge in [-0.3, -0.25) is 14.2 Å². The van der Waals surface area contributed by atoms with Gasteiger partial charge in [0.1, 0.15) is 0 Å². The molecule has 2 aromatic rings. The maximum absolute atomic E-state index is 13.0. The summed E-state index contributed by atoms with van der Waals surface area (Å²) < 4.78 is 22.4. The summed E-state index contributed by atoms with van der Waals surface area (Å²) in [5, 5.41) is 38.4. The minimum atomic E-state index is -4.21. The molecular weight excluding hydrogens is 431 g/mol. The third kappa shape index (κ3) is 5.90. The van der Waals surface area contributed by atoms with E-state index in [0.29, 0.717) is 0 Å². The van der Waals surface area contributed by atoms with Crippen LogP contribution in [0.4, 0.5) is 0 Å². The Hall–Kier alpha value is -3.23. The smallest absolute Gasteiger partial charge is 0.313 e. The zero-order valence-corrected chi connectivity index (χ0v) is 17.7. The molecule has 0 fully saturated rings. The highest BCUT2D eigenvalue weighted by Gasteiger charge is 2.36. The molecule has 0 bridgehead atoms. The first-order valence-corrected chi connectivity index (χ1v) is 11.0. The van der Waals surface area contributed by atoms with Gasteiger partial charge in [0.25, 0.3) is 0 Å². The normalized spacial score (nSPS) is 14.8. The lowest BCUT2D eigenvalue weighted by Gasteiger charge is -2.23. The van der Waals surface area contributed by atoms with Gasteiger partial charge in [-0.25, -0.2) is 0 Å². The molecule has 0 saturated carbocycles. The van der Waals surface area contributed by atoms with Crippen LogP contribution in [0.15, 0.2) is 36.4 Å². The van der Waals surface area contributed by atoms with Crippen LogP contribution in [0.5, 0.6) is 23.0 Å². The monoisotopic (exact) mass is 454 g/mol. The molecule has 2 rings (SSSR count). The predicted octanol–water partition coefficient (Wildman–Crippen LogP) is 1.99. The van der Waals surface area contributed by atoms with Gasteiger partial charge < -0.3 is 34.8 Å². The number of rotatable bonds is 8. The average Bonchev–Trinajstić information content (AvgIpc) is 2.73. The van der Waals surface area contributed by atoms with Crippen molar-refractivity contribution in [2.45, 2.75) is 11.8 Å². The number of methoxy groups -OCH3 is 2. The summed E-state index contributed by atoms with van der Waals surface area (Å²) in [4.78, 5) is 35.2. The van der Waals surface area contributed by atoms with E-state index in [1.54, 1.807) is 0 Å². The third-order valence-electron chi connectivity index (χ3n) is 4.71. The quantitative estimate of drug-likeness (QED) is 0.226. The molecule has 0 amide bonds. The molecule has 0 aromatic heterocycles. The largest absolute Gasteiger partial charge is 0.504 e. The van der Waals surface area contributed by atoms with E-state index in [1.165, 1.54) is 12.1 Å². The van der Waals surface area contributed by atoms with Gasteiger partial charge in [-0.15, -0.1) is 0 Å². The van der Waals surface area contributed by atoms with E-state index in [9.17, 15) is 39.5 Å². The highest BCUT2D eigenvalue weighted by Crippen LogP contribution is 2.49. The Kier molecular flexibility index (Phi) is 7.54. The molecule has 0 spiro atoms. The fraction of sp³-hybridized carbons (Fsp3) is 0.300. The molecule has 31 heavy (non-hydrogen) atoms. The van der Waals surface area contributed by atoms with Crippen LogP contribution in [0.1, 0.15) is 23.0 Å². The lowest BCUT2D eigenvalue weighted by atomic mass is 10.0. The molecular formula is C20H23O10P. The summed E-state index contributed by atoms with van der Waals surface area (Å²) in [7, 11) is -2.03. The third-order valence-corrected chi connectivity index (χ3v) is 6.58. The first-order valence-electron chi connectivity index (χ1n) is 8.99. The van der Waals surface area contributed by atoms with E-state index >= 15 is 0 Å². The Morgan fingerprint density at radius 1 is 0.774 bits per heavy atom. The minimum absolute atomic E-state index is 0.133. The Bertz CT molecular complexity index is 942. The maximum atomic E-state index is 13.0. The van der Waals surface area contributed by atoms with Crippen LogP contribution in [-0.4, -0.2) is 63.8 Å². The number of aromatic hydroxyl groups is 4. The second kappa shape index (κ2) is 9.72. The zero-order chi connectivity index (χ0) is 23.3. The van der Waals surface area contributed by atoms with Crippen LogP contribution in [-0.2, 0) is 23.6 Å².